The minimum absolute atomic E-state index is 0.0403. The molecule has 20 heavy (non-hydrogen) atoms. The standard InChI is InChI=1S/C13H10F2N2O2S/c14-13(15)20-9-5-3-8(4-6-9)17-11-10(12(18)19)2-1-7-16-11/h1-7,13H,(H,16,17)(H,18,19). The summed E-state index contributed by atoms with van der Waals surface area (Å²) >= 11 is 0.451. The number of aromatic nitrogens is 1. The van der Waals surface area contributed by atoms with Crippen LogP contribution in [0.5, 0.6) is 0 Å². The largest absolute Gasteiger partial charge is 0.478 e. The number of hydrogen-bond acceptors (Lipinski definition) is 4. The molecule has 0 aliphatic carbocycles. The lowest BCUT2D eigenvalue weighted by molar-refractivity contribution is 0.0697. The van der Waals surface area contributed by atoms with Gasteiger partial charge in [0.05, 0.1) is 0 Å². The van der Waals surface area contributed by atoms with Gasteiger partial charge in [0, 0.05) is 16.8 Å². The number of halogens is 2. The van der Waals surface area contributed by atoms with Crippen LogP contribution < -0.4 is 5.32 Å². The van der Waals surface area contributed by atoms with E-state index in [1.165, 1.54) is 30.5 Å². The number of carboxylic acids is 1. The molecule has 0 aliphatic heterocycles. The molecule has 1 heterocycles. The number of nitrogens with zero attached hydrogens (tertiary/aromatic N) is 1. The number of aromatic carboxylic acids is 1. The molecule has 2 aromatic rings. The first-order valence-corrected chi connectivity index (χ1v) is 6.44. The highest BCUT2D eigenvalue weighted by Crippen LogP contribution is 2.27. The van der Waals surface area contributed by atoms with Crippen LogP contribution in [0, 0.1) is 0 Å². The predicted molar refractivity (Wildman–Crippen MR) is 72.8 cm³/mol. The van der Waals surface area contributed by atoms with Gasteiger partial charge >= 0.3 is 5.97 Å². The summed E-state index contributed by atoms with van der Waals surface area (Å²) in [7, 11) is 0. The van der Waals surface area contributed by atoms with Crippen molar-refractivity contribution in [2.45, 2.75) is 10.7 Å². The zero-order chi connectivity index (χ0) is 14.5. The first-order valence-electron chi connectivity index (χ1n) is 5.56. The number of nitrogens with one attached hydrogen (secondary N) is 1. The molecule has 7 heteroatoms. The van der Waals surface area contributed by atoms with E-state index in [1.54, 1.807) is 12.1 Å². The Morgan fingerprint density at radius 2 is 1.95 bits per heavy atom. The monoisotopic (exact) mass is 296 g/mol. The molecule has 104 valence electrons. The van der Waals surface area contributed by atoms with Gasteiger partial charge in [-0.1, -0.05) is 11.8 Å². The van der Waals surface area contributed by atoms with Crippen molar-refractivity contribution in [3.63, 3.8) is 0 Å². The third-order valence-electron chi connectivity index (χ3n) is 2.38. The van der Waals surface area contributed by atoms with Crippen LogP contribution in [0.15, 0.2) is 47.5 Å². The molecule has 0 bridgehead atoms. The van der Waals surface area contributed by atoms with Gasteiger partial charge in [0.1, 0.15) is 11.4 Å². The SMILES string of the molecule is O=C(O)c1cccnc1Nc1ccc(SC(F)F)cc1. The number of carboxylic acid groups (broad SMARTS) is 1. The highest BCUT2D eigenvalue weighted by atomic mass is 32.2. The topological polar surface area (TPSA) is 62.2 Å². The van der Waals surface area contributed by atoms with Crippen molar-refractivity contribution in [2.75, 3.05) is 5.32 Å². The average Bonchev–Trinajstić information content (AvgIpc) is 2.41. The molecule has 0 radical (unpaired) electrons. The fourth-order valence-electron chi connectivity index (χ4n) is 1.53. The van der Waals surface area contributed by atoms with E-state index in [0.29, 0.717) is 22.3 Å². The van der Waals surface area contributed by atoms with Crippen molar-refractivity contribution >= 4 is 29.2 Å². The summed E-state index contributed by atoms with van der Waals surface area (Å²) in [6, 6.07) is 9.19. The van der Waals surface area contributed by atoms with E-state index in [1.807, 2.05) is 0 Å². The molecule has 2 rings (SSSR count). The Kier molecular flexibility index (Phi) is 4.52. The maximum Gasteiger partial charge on any atom is 0.339 e. The Morgan fingerprint density at radius 3 is 2.55 bits per heavy atom. The number of anilines is 2. The smallest absolute Gasteiger partial charge is 0.339 e. The summed E-state index contributed by atoms with van der Waals surface area (Å²) in [6.45, 7) is 0. The van der Waals surface area contributed by atoms with E-state index in [0.717, 1.165) is 0 Å². The van der Waals surface area contributed by atoms with Crippen LogP contribution in [-0.2, 0) is 0 Å². The summed E-state index contributed by atoms with van der Waals surface area (Å²) in [6.07, 6.45) is 1.47. The van der Waals surface area contributed by atoms with Gasteiger partial charge in [0.15, 0.2) is 0 Å². The molecule has 1 aromatic heterocycles. The van der Waals surface area contributed by atoms with Crippen molar-refractivity contribution in [3.05, 3.63) is 48.2 Å². The van der Waals surface area contributed by atoms with Crippen LogP contribution >= 0.6 is 11.8 Å². The summed E-state index contributed by atoms with van der Waals surface area (Å²) in [5, 5.41) is 11.9. The molecule has 0 saturated heterocycles. The molecular weight excluding hydrogens is 286 g/mol. The summed E-state index contributed by atoms with van der Waals surface area (Å²) in [5.41, 5.74) is 0.614. The van der Waals surface area contributed by atoms with Gasteiger partial charge in [-0.15, -0.1) is 0 Å². The van der Waals surface area contributed by atoms with E-state index in [2.05, 4.69) is 10.3 Å². The molecular formula is C13H10F2N2O2S. The Morgan fingerprint density at radius 1 is 1.25 bits per heavy atom. The number of pyridine rings is 1. The molecule has 0 atom stereocenters. The summed E-state index contributed by atoms with van der Waals surface area (Å²) in [5.74, 6) is -3.36. The van der Waals surface area contributed by atoms with Gasteiger partial charge in [-0.2, -0.15) is 8.78 Å². The number of carbonyl (C=O) groups is 1. The van der Waals surface area contributed by atoms with E-state index >= 15 is 0 Å². The quantitative estimate of drug-likeness (QED) is 0.821. The molecule has 0 spiro atoms. The number of alkyl halides is 2. The number of rotatable bonds is 5. The molecule has 0 amide bonds. The molecule has 2 N–H and O–H groups in total. The molecule has 0 fully saturated rings. The number of benzene rings is 1. The fourth-order valence-corrected chi connectivity index (χ4v) is 2.03. The van der Waals surface area contributed by atoms with Crippen LogP contribution in [-0.4, -0.2) is 21.8 Å². The van der Waals surface area contributed by atoms with Crippen LogP contribution in [0.2, 0.25) is 0 Å². The van der Waals surface area contributed by atoms with Crippen molar-refractivity contribution < 1.29 is 18.7 Å². The highest BCUT2D eigenvalue weighted by molar-refractivity contribution is 7.99. The average molecular weight is 296 g/mol. The Bertz CT molecular complexity index is 606. The summed E-state index contributed by atoms with van der Waals surface area (Å²) < 4.78 is 24.4. The second-order valence-corrected chi connectivity index (χ2v) is 4.80. The summed E-state index contributed by atoms with van der Waals surface area (Å²) in [4.78, 5) is 15.4. The maximum absolute atomic E-state index is 12.2. The minimum atomic E-state index is -2.47. The molecule has 0 aliphatic rings. The van der Waals surface area contributed by atoms with Gasteiger partial charge in [0.25, 0.3) is 5.76 Å². The third-order valence-corrected chi connectivity index (χ3v) is 3.10. The Hall–Kier alpha value is -2.15. The first-order chi connectivity index (χ1) is 9.56. The van der Waals surface area contributed by atoms with Gasteiger partial charge in [-0.05, 0) is 36.4 Å². The van der Waals surface area contributed by atoms with Crippen LogP contribution in [0.3, 0.4) is 0 Å². The van der Waals surface area contributed by atoms with Crippen molar-refractivity contribution in [3.8, 4) is 0 Å². The zero-order valence-electron chi connectivity index (χ0n) is 10.1. The van der Waals surface area contributed by atoms with Gasteiger partial charge in [-0.25, -0.2) is 9.78 Å². The maximum atomic E-state index is 12.2. The highest BCUT2D eigenvalue weighted by Gasteiger charge is 2.11. The van der Waals surface area contributed by atoms with E-state index in [-0.39, 0.29) is 11.4 Å². The van der Waals surface area contributed by atoms with Crippen molar-refractivity contribution in [2.24, 2.45) is 0 Å². The molecule has 0 saturated carbocycles. The third kappa shape index (κ3) is 3.67. The Balaban J connectivity index is 2.16. The number of hydrogen-bond donors (Lipinski definition) is 2. The van der Waals surface area contributed by atoms with E-state index in [9.17, 15) is 13.6 Å². The predicted octanol–water partition coefficient (Wildman–Crippen LogP) is 3.84. The van der Waals surface area contributed by atoms with Crippen LogP contribution in [0.25, 0.3) is 0 Å². The van der Waals surface area contributed by atoms with Crippen LogP contribution in [0.4, 0.5) is 20.3 Å². The van der Waals surface area contributed by atoms with Crippen molar-refractivity contribution in [1.29, 1.82) is 0 Å². The normalized spacial score (nSPS) is 10.6. The second kappa shape index (κ2) is 6.33. The second-order valence-electron chi connectivity index (χ2n) is 3.73. The van der Waals surface area contributed by atoms with E-state index < -0.39 is 11.7 Å². The molecule has 4 nitrogen and oxygen atoms in total. The molecule has 0 unspecified atom stereocenters. The molecule has 1 aromatic carbocycles. The lowest BCUT2D eigenvalue weighted by Crippen LogP contribution is -2.04. The minimum Gasteiger partial charge on any atom is -0.478 e. The van der Waals surface area contributed by atoms with Gasteiger partial charge in [-0.3, -0.25) is 0 Å². The Labute approximate surface area is 117 Å². The lowest BCUT2D eigenvalue weighted by atomic mass is 10.2. The number of thioether (sulfide) groups is 1. The van der Waals surface area contributed by atoms with Crippen molar-refractivity contribution in [1.82, 2.24) is 4.98 Å². The fraction of sp³-hybridized carbons (Fsp3) is 0.0769. The van der Waals surface area contributed by atoms with Crippen LogP contribution in [0.1, 0.15) is 10.4 Å². The van der Waals surface area contributed by atoms with Gasteiger partial charge < -0.3 is 10.4 Å². The zero-order valence-corrected chi connectivity index (χ0v) is 10.9. The lowest BCUT2D eigenvalue weighted by Gasteiger charge is -2.08. The van der Waals surface area contributed by atoms with Gasteiger partial charge in [0.2, 0.25) is 0 Å². The van der Waals surface area contributed by atoms with E-state index in [4.69, 9.17) is 5.11 Å². The first kappa shape index (κ1) is 14.3.